The first kappa shape index (κ1) is 10.8. The molecule has 0 amide bonds. The molecule has 0 spiro atoms. The van der Waals surface area contributed by atoms with Gasteiger partial charge in [0.05, 0.1) is 5.52 Å². The summed E-state index contributed by atoms with van der Waals surface area (Å²) in [5, 5.41) is 1.02. The van der Waals surface area contributed by atoms with Crippen molar-refractivity contribution in [1.82, 2.24) is 4.98 Å². The molecule has 2 heteroatoms. The molecule has 1 atom stereocenters. The van der Waals surface area contributed by atoms with Crippen LogP contribution >= 0.6 is 0 Å². The van der Waals surface area contributed by atoms with Crippen LogP contribution in [0.3, 0.4) is 0 Å². The average molecular weight is 213 g/mol. The Morgan fingerprint density at radius 2 is 2.19 bits per heavy atom. The monoisotopic (exact) mass is 213 g/mol. The number of carbonyl (C=O) groups excluding carboxylic acids is 1. The molecule has 2 aromatic rings. The Bertz CT molecular complexity index is 519. The zero-order valence-electron chi connectivity index (χ0n) is 9.60. The van der Waals surface area contributed by atoms with E-state index in [0.29, 0.717) is 0 Å². The minimum Gasteiger partial charge on any atom is -0.294 e. The molecule has 0 fully saturated rings. The van der Waals surface area contributed by atoms with Gasteiger partial charge in [-0.25, -0.2) is 0 Å². The summed E-state index contributed by atoms with van der Waals surface area (Å²) < 4.78 is 0. The van der Waals surface area contributed by atoms with Crippen molar-refractivity contribution in [3.8, 4) is 0 Å². The fourth-order valence-corrected chi connectivity index (χ4v) is 1.70. The third-order valence-electron chi connectivity index (χ3n) is 2.95. The van der Waals surface area contributed by atoms with Gasteiger partial charge in [-0.15, -0.1) is 0 Å². The number of rotatable bonds is 3. The molecule has 0 N–H and O–H groups in total. The highest BCUT2D eigenvalue weighted by Gasteiger charge is 2.13. The topological polar surface area (TPSA) is 30.0 Å². The van der Waals surface area contributed by atoms with Gasteiger partial charge in [-0.05, 0) is 30.7 Å². The molecular weight excluding hydrogens is 198 g/mol. The minimum atomic E-state index is 0.0918. The van der Waals surface area contributed by atoms with Crippen LogP contribution in [0.4, 0.5) is 0 Å². The van der Waals surface area contributed by atoms with Gasteiger partial charge in [-0.2, -0.15) is 0 Å². The number of hydrogen-bond donors (Lipinski definition) is 0. The van der Waals surface area contributed by atoms with E-state index >= 15 is 0 Å². The van der Waals surface area contributed by atoms with E-state index in [-0.39, 0.29) is 11.7 Å². The summed E-state index contributed by atoms with van der Waals surface area (Å²) in [5.74, 6) is 0.308. The Hall–Kier alpha value is -1.70. The SMILES string of the molecule is CCC(C)C(=O)c1ccc2ncccc2c1. The molecule has 0 aliphatic carbocycles. The highest BCUT2D eigenvalue weighted by molar-refractivity contribution is 6.00. The Balaban J connectivity index is 2.43. The first-order valence-electron chi connectivity index (χ1n) is 5.61. The van der Waals surface area contributed by atoms with E-state index in [1.54, 1.807) is 6.20 Å². The van der Waals surface area contributed by atoms with Gasteiger partial charge in [0.15, 0.2) is 5.78 Å². The van der Waals surface area contributed by atoms with E-state index in [1.807, 2.05) is 44.2 Å². The predicted molar refractivity (Wildman–Crippen MR) is 65.5 cm³/mol. The van der Waals surface area contributed by atoms with E-state index < -0.39 is 0 Å². The molecule has 1 heterocycles. The maximum atomic E-state index is 12.0. The van der Waals surface area contributed by atoms with E-state index in [4.69, 9.17) is 0 Å². The molecule has 0 saturated carbocycles. The second-order valence-electron chi connectivity index (χ2n) is 4.08. The van der Waals surface area contributed by atoms with Crippen molar-refractivity contribution in [2.75, 3.05) is 0 Å². The van der Waals surface area contributed by atoms with Crippen LogP contribution in [0.5, 0.6) is 0 Å². The highest BCUT2D eigenvalue weighted by atomic mass is 16.1. The molecule has 2 nitrogen and oxygen atoms in total. The molecule has 0 radical (unpaired) electrons. The summed E-state index contributed by atoms with van der Waals surface area (Å²) in [7, 11) is 0. The molecule has 82 valence electrons. The van der Waals surface area contributed by atoms with E-state index in [2.05, 4.69) is 4.98 Å². The number of ketones is 1. The first-order valence-corrected chi connectivity index (χ1v) is 5.61. The van der Waals surface area contributed by atoms with Gasteiger partial charge >= 0.3 is 0 Å². The number of fused-ring (bicyclic) bond motifs is 1. The summed E-state index contributed by atoms with van der Waals surface area (Å²) in [5.41, 5.74) is 1.72. The van der Waals surface area contributed by atoms with E-state index in [0.717, 1.165) is 22.9 Å². The number of carbonyl (C=O) groups is 1. The van der Waals surface area contributed by atoms with Crippen LogP contribution in [0, 0.1) is 5.92 Å². The van der Waals surface area contributed by atoms with Crippen molar-refractivity contribution in [2.45, 2.75) is 20.3 Å². The molecule has 16 heavy (non-hydrogen) atoms. The molecule has 0 saturated heterocycles. The number of pyridine rings is 1. The minimum absolute atomic E-state index is 0.0918. The summed E-state index contributed by atoms with van der Waals surface area (Å²) in [6.07, 6.45) is 2.64. The van der Waals surface area contributed by atoms with Crippen LogP contribution in [0.15, 0.2) is 36.5 Å². The van der Waals surface area contributed by atoms with Crippen LogP contribution in [-0.4, -0.2) is 10.8 Å². The number of nitrogens with zero attached hydrogens (tertiary/aromatic N) is 1. The lowest BCUT2D eigenvalue weighted by Gasteiger charge is -2.07. The van der Waals surface area contributed by atoms with Gasteiger partial charge < -0.3 is 0 Å². The van der Waals surface area contributed by atoms with Gasteiger partial charge in [0.1, 0.15) is 0 Å². The van der Waals surface area contributed by atoms with Gasteiger partial charge in [0.25, 0.3) is 0 Å². The van der Waals surface area contributed by atoms with Crippen LogP contribution in [0.25, 0.3) is 10.9 Å². The van der Waals surface area contributed by atoms with Crippen molar-refractivity contribution in [1.29, 1.82) is 0 Å². The zero-order chi connectivity index (χ0) is 11.5. The standard InChI is InChI=1S/C14H15NO/c1-3-10(2)14(16)12-6-7-13-11(9-12)5-4-8-15-13/h4-10H,3H2,1-2H3. The van der Waals surface area contributed by atoms with Gasteiger partial charge in [-0.1, -0.05) is 19.9 Å². The highest BCUT2D eigenvalue weighted by Crippen LogP contribution is 2.17. The Morgan fingerprint density at radius 3 is 2.94 bits per heavy atom. The fourth-order valence-electron chi connectivity index (χ4n) is 1.70. The lowest BCUT2D eigenvalue weighted by molar-refractivity contribution is 0.0927. The third-order valence-corrected chi connectivity index (χ3v) is 2.95. The predicted octanol–water partition coefficient (Wildman–Crippen LogP) is 3.46. The van der Waals surface area contributed by atoms with Gasteiger partial charge in [0, 0.05) is 23.1 Å². The van der Waals surface area contributed by atoms with Crippen molar-refractivity contribution < 1.29 is 4.79 Å². The summed E-state index contributed by atoms with van der Waals surface area (Å²) in [6.45, 7) is 4.00. The maximum Gasteiger partial charge on any atom is 0.165 e. The smallest absolute Gasteiger partial charge is 0.165 e. The van der Waals surface area contributed by atoms with E-state index in [9.17, 15) is 4.79 Å². The van der Waals surface area contributed by atoms with Crippen molar-refractivity contribution in [3.63, 3.8) is 0 Å². The number of aromatic nitrogens is 1. The van der Waals surface area contributed by atoms with Crippen LogP contribution < -0.4 is 0 Å². The fraction of sp³-hybridized carbons (Fsp3) is 0.286. The van der Waals surface area contributed by atoms with Crippen molar-refractivity contribution in [2.24, 2.45) is 5.92 Å². The lowest BCUT2D eigenvalue weighted by atomic mass is 9.96. The molecule has 0 aliphatic rings. The molecular formula is C14H15NO. The van der Waals surface area contributed by atoms with Crippen molar-refractivity contribution >= 4 is 16.7 Å². The Morgan fingerprint density at radius 1 is 1.38 bits per heavy atom. The van der Waals surface area contributed by atoms with Crippen LogP contribution in [0.1, 0.15) is 30.6 Å². The summed E-state index contributed by atoms with van der Waals surface area (Å²) in [4.78, 5) is 16.2. The largest absolute Gasteiger partial charge is 0.294 e. The first-order chi connectivity index (χ1) is 7.72. The normalized spacial score (nSPS) is 12.6. The van der Waals surface area contributed by atoms with Crippen LogP contribution in [0.2, 0.25) is 0 Å². The number of hydrogen-bond acceptors (Lipinski definition) is 2. The Labute approximate surface area is 95.3 Å². The summed E-state index contributed by atoms with van der Waals surface area (Å²) in [6, 6.07) is 9.57. The second-order valence-corrected chi connectivity index (χ2v) is 4.08. The molecule has 0 bridgehead atoms. The van der Waals surface area contributed by atoms with E-state index in [1.165, 1.54) is 0 Å². The Kier molecular flexibility index (Phi) is 3.00. The van der Waals surface area contributed by atoms with Gasteiger partial charge in [-0.3, -0.25) is 9.78 Å². The molecule has 0 aliphatic heterocycles. The van der Waals surface area contributed by atoms with Crippen molar-refractivity contribution in [3.05, 3.63) is 42.1 Å². The zero-order valence-corrected chi connectivity index (χ0v) is 9.60. The van der Waals surface area contributed by atoms with Gasteiger partial charge in [0.2, 0.25) is 0 Å². The van der Waals surface area contributed by atoms with Crippen LogP contribution in [-0.2, 0) is 0 Å². The summed E-state index contributed by atoms with van der Waals surface area (Å²) >= 11 is 0. The third kappa shape index (κ3) is 1.96. The number of Topliss-reactive ketones (excluding diaryl/α,β-unsaturated/α-hetero) is 1. The maximum absolute atomic E-state index is 12.0. The lowest BCUT2D eigenvalue weighted by Crippen LogP contribution is -2.09. The quantitative estimate of drug-likeness (QED) is 0.731. The second kappa shape index (κ2) is 4.44. The number of benzene rings is 1. The molecule has 1 aromatic heterocycles. The molecule has 1 unspecified atom stereocenters. The molecule has 2 rings (SSSR count). The average Bonchev–Trinajstić information content (AvgIpc) is 2.36. The molecule has 1 aromatic carbocycles.